The molecule has 2 aromatic rings. The van der Waals surface area contributed by atoms with Crippen LogP contribution in [0.2, 0.25) is 0 Å². The fourth-order valence-corrected chi connectivity index (χ4v) is 5.61. The molecule has 0 fully saturated rings. The molecule has 0 saturated heterocycles. The van der Waals surface area contributed by atoms with E-state index in [1.54, 1.807) is 23.1 Å². The number of hydroxylamine groups is 2. The number of carbonyl (C=O) groups excluding carboxylic acids is 2. The summed E-state index contributed by atoms with van der Waals surface area (Å²) in [7, 11) is -7.69. The van der Waals surface area contributed by atoms with E-state index >= 15 is 0 Å². The Hall–Kier alpha value is -2.95. The van der Waals surface area contributed by atoms with Gasteiger partial charge >= 0.3 is 0 Å². The summed E-state index contributed by atoms with van der Waals surface area (Å²) in [6.07, 6.45) is 6.12. The molecule has 1 aromatic heterocycles. The van der Waals surface area contributed by atoms with Gasteiger partial charge in [0.05, 0.1) is 4.90 Å². The van der Waals surface area contributed by atoms with Crippen molar-refractivity contribution in [2.24, 2.45) is 0 Å². The number of rotatable bonds is 17. The second-order valence-electron chi connectivity index (χ2n) is 8.42. The first-order valence-electron chi connectivity index (χ1n) is 12.0. The second kappa shape index (κ2) is 15.5. The summed E-state index contributed by atoms with van der Waals surface area (Å²) in [5.74, 6) is -0.991. The summed E-state index contributed by atoms with van der Waals surface area (Å²) in [6, 6.07) is 7.46. The topological polar surface area (TPSA) is 204 Å². The maximum Gasteiger partial charge on any atom is 0.243 e. The summed E-state index contributed by atoms with van der Waals surface area (Å²) >= 11 is 0. The standard InChI is InChI=1S/C23H33N5O8S2/c29-22(27-31)10-3-1-5-12-25-37(33,34)20-9-7-8-18(14-20)19-15-21(17-24-16-19)38(35,36)26-13-6-2-4-11-23(30)28-32/h7-9,14-17,25-26,31-32H,1-6,10-13H2,(H,27,29)(H,28,30). The summed E-state index contributed by atoms with van der Waals surface area (Å²) in [5, 5.41) is 16.9. The summed E-state index contributed by atoms with van der Waals surface area (Å²) in [6.45, 7) is 0.324. The van der Waals surface area contributed by atoms with E-state index in [-0.39, 0.29) is 35.7 Å². The van der Waals surface area contributed by atoms with Crippen molar-refractivity contribution in [1.29, 1.82) is 0 Å². The Morgan fingerprint density at radius 2 is 1.21 bits per heavy atom. The van der Waals surface area contributed by atoms with Crippen molar-refractivity contribution in [3.63, 3.8) is 0 Å². The average Bonchev–Trinajstić information content (AvgIpc) is 2.92. The third-order valence-electron chi connectivity index (χ3n) is 5.50. The van der Waals surface area contributed by atoms with Crippen LogP contribution in [-0.2, 0) is 29.6 Å². The van der Waals surface area contributed by atoms with E-state index < -0.39 is 31.9 Å². The average molecular weight is 572 g/mol. The Balaban J connectivity index is 1.97. The molecule has 0 unspecified atom stereocenters. The molecule has 6 N–H and O–H groups in total. The van der Waals surface area contributed by atoms with Gasteiger partial charge in [0.25, 0.3) is 0 Å². The molecule has 38 heavy (non-hydrogen) atoms. The normalized spacial score (nSPS) is 11.7. The minimum Gasteiger partial charge on any atom is -0.289 e. The number of hydrogen-bond donors (Lipinski definition) is 6. The molecule has 13 nitrogen and oxygen atoms in total. The second-order valence-corrected chi connectivity index (χ2v) is 12.0. The largest absolute Gasteiger partial charge is 0.289 e. The number of unbranched alkanes of at least 4 members (excludes halogenated alkanes) is 4. The van der Waals surface area contributed by atoms with Crippen molar-refractivity contribution in [2.45, 2.75) is 61.2 Å². The van der Waals surface area contributed by atoms with Crippen LogP contribution in [0.4, 0.5) is 0 Å². The lowest BCUT2D eigenvalue weighted by Gasteiger charge is -2.10. The predicted molar refractivity (Wildman–Crippen MR) is 137 cm³/mol. The molecular formula is C23H33N5O8S2. The number of amides is 2. The van der Waals surface area contributed by atoms with Crippen LogP contribution in [0.1, 0.15) is 51.4 Å². The third kappa shape index (κ3) is 10.4. The van der Waals surface area contributed by atoms with Gasteiger partial charge in [-0.25, -0.2) is 37.2 Å². The fraction of sp³-hybridized carbons (Fsp3) is 0.435. The number of carbonyl (C=O) groups is 2. The zero-order valence-corrected chi connectivity index (χ0v) is 22.4. The first-order chi connectivity index (χ1) is 18.1. The Bertz CT molecular complexity index is 1190. The highest BCUT2D eigenvalue weighted by atomic mass is 32.2. The Morgan fingerprint density at radius 3 is 1.76 bits per heavy atom. The molecule has 2 amide bonds. The molecule has 2 rings (SSSR count). The molecule has 0 bridgehead atoms. The SMILES string of the molecule is O=C(CCCCCNS(=O)(=O)c1cccc(-c2cncc(S(=O)(=O)NCCCCCC(=O)NO)c2)c1)NO. The van der Waals surface area contributed by atoms with E-state index in [2.05, 4.69) is 14.4 Å². The van der Waals surface area contributed by atoms with Crippen molar-refractivity contribution >= 4 is 31.9 Å². The minimum atomic E-state index is -3.87. The van der Waals surface area contributed by atoms with Gasteiger partial charge in [-0.3, -0.25) is 25.0 Å². The lowest BCUT2D eigenvalue weighted by Crippen LogP contribution is -2.25. The molecule has 210 valence electrons. The fourth-order valence-electron chi connectivity index (χ4n) is 3.43. The van der Waals surface area contributed by atoms with E-state index in [1.807, 2.05) is 0 Å². The predicted octanol–water partition coefficient (Wildman–Crippen LogP) is 1.44. The highest BCUT2D eigenvalue weighted by molar-refractivity contribution is 7.89. The molecule has 1 aromatic carbocycles. The number of nitrogens with one attached hydrogen (secondary N) is 4. The lowest BCUT2D eigenvalue weighted by atomic mass is 10.1. The summed E-state index contributed by atoms with van der Waals surface area (Å²) in [4.78, 5) is 25.9. The van der Waals surface area contributed by atoms with E-state index in [0.29, 0.717) is 49.7 Å². The van der Waals surface area contributed by atoms with Crippen LogP contribution in [0.3, 0.4) is 0 Å². The molecule has 0 aliphatic heterocycles. The van der Waals surface area contributed by atoms with Crippen LogP contribution in [0.15, 0.2) is 52.5 Å². The summed E-state index contributed by atoms with van der Waals surface area (Å²) < 4.78 is 55.8. The molecule has 0 atom stereocenters. The maximum atomic E-state index is 12.7. The number of pyridine rings is 1. The van der Waals surface area contributed by atoms with Gasteiger partial charge in [-0.15, -0.1) is 0 Å². The van der Waals surface area contributed by atoms with Crippen LogP contribution in [0, 0.1) is 0 Å². The molecule has 1 heterocycles. The molecule has 0 aliphatic rings. The Labute approximate surface area is 222 Å². The number of nitrogens with zero attached hydrogens (tertiary/aromatic N) is 1. The van der Waals surface area contributed by atoms with Crippen LogP contribution >= 0.6 is 0 Å². The summed E-state index contributed by atoms with van der Waals surface area (Å²) in [5.41, 5.74) is 3.97. The van der Waals surface area contributed by atoms with Gasteiger partial charge in [-0.2, -0.15) is 0 Å². The van der Waals surface area contributed by atoms with Crippen molar-refractivity contribution < 1.29 is 36.8 Å². The van der Waals surface area contributed by atoms with Gasteiger partial charge in [0.1, 0.15) is 4.90 Å². The van der Waals surface area contributed by atoms with Gasteiger partial charge in [-0.05, 0) is 49.4 Å². The molecule has 0 spiro atoms. The van der Waals surface area contributed by atoms with Gasteiger partial charge in [0, 0.05) is 43.9 Å². The zero-order chi connectivity index (χ0) is 28.0. The lowest BCUT2D eigenvalue weighted by molar-refractivity contribution is -0.130. The first-order valence-corrected chi connectivity index (χ1v) is 15.0. The van der Waals surface area contributed by atoms with Crippen LogP contribution in [-0.4, -0.2) is 57.1 Å². The van der Waals surface area contributed by atoms with Crippen molar-refractivity contribution in [1.82, 2.24) is 25.4 Å². The third-order valence-corrected chi connectivity index (χ3v) is 8.38. The van der Waals surface area contributed by atoms with E-state index in [1.165, 1.54) is 30.6 Å². The van der Waals surface area contributed by atoms with E-state index in [9.17, 15) is 26.4 Å². The van der Waals surface area contributed by atoms with Gasteiger partial charge in [-0.1, -0.05) is 25.0 Å². The number of sulfonamides is 2. The van der Waals surface area contributed by atoms with E-state index in [0.717, 1.165) is 0 Å². The van der Waals surface area contributed by atoms with E-state index in [4.69, 9.17) is 10.4 Å². The highest BCUT2D eigenvalue weighted by Gasteiger charge is 2.17. The molecule has 15 heteroatoms. The monoisotopic (exact) mass is 571 g/mol. The highest BCUT2D eigenvalue weighted by Crippen LogP contribution is 2.24. The van der Waals surface area contributed by atoms with Gasteiger partial charge in [0.15, 0.2) is 0 Å². The Kier molecular flexibility index (Phi) is 12.7. The molecule has 0 radical (unpaired) electrons. The van der Waals surface area contributed by atoms with Crippen molar-refractivity contribution in [3.8, 4) is 11.1 Å². The first kappa shape index (κ1) is 31.3. The van der Waals surface area contributed by atoms with Crippen LogP contribution in [0.25, 0.3) is 11.1 Å². The smallest absolute Gasteiger partial charge is 0.243 e. The maximum absolute atomic E-state index is 12.7. The quantitative estimate of drug-likeness (QED) is 0.0922. The number of hydrogen-bond acceptors (Lipinski definition) is 9. The molecule has 0 saturated carbocycles. The molecule has 0 aliphatic carbocycles. The van der Waals surface area contributed by atoms with Gasteiger partial charge < -0.3 is 0 Å². The Morgan fingerprint density at radius 1 is 0.684 bits per heavy atom. The van der Waals surface area contributed by atoms with Crippen LogP contribution < -0.4 is 20.4 Å². The van der Waals surface area contributed by atoms with Crippen LogP contribution in [0.5, 0.6) is 0 Å². The van der Waals surface area contributed by atoms with Crippen molar-refractivity contribution in [3.05, 3.63) is 42.7 Å². The number of benzene rings is 1. The molecular weight excluding hydrogens is 538 g/mol. The number of aromatic nitrogens is 1. The minimum absolute atomic E-state index is 0.0101. The van der Waals surface area contributed by atoms with Gasteiger partial charge in [0.2, 0.25) is 31.9 Å². The zero-order valence-electron chi connectivity index (χ0n) is 20.7. The van der Waals surface area contributed by atoms with Crippen molar-refractivity contribution in [2.75, 3.05) is 13.1 Å².